The third-order valence-corrected chi connectivity index (χ3v) is 4.21. The maximum absolute atomic E-state index is 12.4. The number of hydrogen-bond donors (Lipinski definition) is 6. The molecule has 0 aromatic heterocycles. The second-order valence-corrected chi connectivity index (χ2v) is 6.35. The predicted molar refractivity (Wildman–Crippen MR) is 107 cm³/mol. The molecule has 1 fully saturated rings. The van der Waals surface area contributed by atoms with Crippen LogP contribution in [-0.4, -0.2) is 70.3 Å². The first-order valence-electron chi connectivity index (χ1n) is 7.82. The van der Waals surface area contributed by atoms with Crippen molar-refractivity contribution in [2.45, 2.75) is 43.6 Å². The third kappa shape index (κ3) is 9.05. The van der Waals surface area contributed by atoms with Gasteiger partial charge in [0.05, 0.1) is 6.04 Å². The molecule has 3 atom stereocenters. The highest BCUT2D eigenvalue weighted by Crippen LogP contribution is 2.28. The molecule has 0 bridgehead atoms. The topological polar surface area (TPSA) is 176 Å². The van der Waals surface area contributed by atoms with Crippen molar-refractivity contribution in [3.63, 3.8) is 0 Å². The number of likely N-dealkylation sites (tertiary alicyclic amines) is 1. The number of carbonyl (C=O) groups is 2. The van der Waals surface area contributed by atoms with Crippen LogP contribution in [-0.2, 0) is 9.59 Å². The predicted octanol–water partition coefficient (Wildman–Crippen LogP) is -1.19. The first-order valence-corrected chi connectivity index (χ1v) is 7.82. The van der Waals surface area contributed by atoms with Gasteiger partial charge in [-0.05, 0) is 38.0 Å². The van der Waals surface area contributed by atoms with E-state index < -0.39 is 24.7 Å². The molecule has 1 aliphatic rings. The molecule has 1 rings (SSSR count). The van der Waals surface area contributed by atoms with Crippen LogP contribution >= 0.6 is 37.2 Å². The molecular formula is C13H30BCl3N4O5. The molecule has 0 aromatic rings. The lowest BCUT2D eigenvalue weighted by molar-refractivity contribution is -0.149. The van der Waals surface area contributed by atoms with Gasteiger partial charge < -0.3 is 37.3 Å². The summed E-state index contributed by atoms with van der Waals surface area (Å²) in [5.41, 5.74) is 15.7. The van der Waals surface area contributed by atoms with Gasteiger partial charge in [-0.2, -0.15) is 0 Å². The van der Waals surface area contributed by atoms with E-state index in [-0.39, 0.29) is 68.3 Å². The van der Waals surface area contributed by atoms with Crippen LogP contribution in [0.2, 0.25) is 6.32 Å². The Labute approximate surface area is 172 Å². The fourth-order valence-corrected chi connectivity index (χ4v) is 2.96. The number of piperidine rings is 1. The summed E-state index contributed by atoms with van der Waals surface area (Å²) in [7, 11) is -1.47. The van der Waals surface area contributed by atoms with Crippen molar-refractivity contribution in [2.75, 3.05) is 19.6 Å². The summed E-state index contributed by atoms with van der Waals surface area (Å²) >= 11 is 0. The minimum atomic E-state index is -1.55. The molecule has 13 heteroatoms. The average Bonchev–Trinajstić information content (AvgIpc) is 2.49. The molecule has 0 aliphatic carbocycles. The van der Waals surface area contributed by atoms with E-state index in [1.54, 1.807) is 0 Å². The number of hydrogen-bond acceptors (Lipinski definition) is 7. The number of rotatable bonds is 8. The Balaban J connectivity index is -0.00000176. The summed E-state index contributed by atoms with van der Waals surface area (Å²) in [5.74, 6) is -1.75. The van der Waals surface area contributed by atoms with Gasteiger partial charge in [-0.1, -0.05) is 6.42 Å². The highest BCUT2D eigenvalue weighted by Gasteiger charge is 2.44. The molecule has 0 radical (unpaired) electrons. The van der Waals surface area contributed by atoms with E-state index in [0.717, 1.165) is 0 Å². The van der Waals surface area contributed by atoms with E-state index in [0.29, 0.717) is 32.4 Å². The van der Waals surface area contributed by atoms with E-state index >= 15 is 0 Å². The van der Waals surface area contributed by atoms with Crippen LogP contribution in [0.15, 0.2) is 0 Å². The number of nitrogens with zero attached hydrogens (tertiary/aromatic N) is 1. The smallest absolute Gasteiger partial charge is 0.451 e. The second-order valence-electron chi connectivity index (χ2n) is 6.35. The normalized spacial score (nSPS) is 23.0. The van der Waals surface area contributed by atoms with Gasteiger partial charge in [0.15, 0.2) is 0 Å². The van der Waals surface area contributed by atoms with Gasteiger partial charge in [0.1, 0.15) is 5.54 Å². The highest BCUT2D eigenvalue weighted by molar-refractivity contribution is 6.40. The van der Waals surface area contributed by atoms with E-state index in [1.165, 1.54) is 4.90 Å². The molecular weight excluding hydrogens is 409 g/mol. The summed E-state index contributed by atoms with van der Waals surface area (Å²) in [6.45, 7) is 0.637. The molecule has 26 heavy (non-hydrogen) atoms. The van der Waals surface area contributed by atoms with Crippen molar-refractivity contribution >= 4 is 56.2 Å². The SMILES string of the molecule is Cl.Cl.Cl.NCCC[C@H](N)C(=O)N1C[C@@H](CCB(O)O)C[C@](N)(C(=O)O)C1. The Bertz CT molecular complexity index is 439. The molecule has 1 aliphatic heterocycles. The van der Waals surface area contributed by atoms with Crippen LogP contribution in [0, 0.1) is 5.92 Å². The number of carboxylic acid groups (broad SMARTS) is 1. The number of amides is 1. The summed E-state index contributed by atoms with van der Waals surface area (Å²) in [4.78, 5) is 25.3. The first-order chi connectivity index (χ1) is 10.7. The lowest BCUT2D eigenvalue weighted by atomic mass is 9.75. The van der Waals surface area contributed by atoms with Gasteiger partial charge in [0.2, 0.25) is 5.91 Å². The number of halogens is 3. The van der Waals surface area contributed by atoms with Gasteiger partial charge in [0, 0.05) is 13.1 Å². The second kappa shape index (κ2) is 13.8. The minimum Gasteiger partial charge on any atom is -0.480 e. The Morgan fingerprint density at radius 3 is 2.31 bits per heavy atom. The van der Waals surface area contributed by atoms with E-state index in [4.69, 9.17) is 27.2 Å². The van der Waals surface area contributed by atoms with Gasteiger partial charge in [-0.25, -0.2) is 0 Å². The van der Waals surface area contributed by atoms with Crippen LogP contribution in [0.4, 0.5) is 0 Å². The quantitative estimate of drug-likeness (QED) is 0.256. The van der Waals surface area contributed by atoms with Crippen LogP contribution in [0.1, 0.15) is 25.7 Å². The summed E-state index contributed by atoms with van der Waals surface area (Å²) in [6, 6.07) is -0.737. The zero-order valence-electron chi connectivity index (χ0n) is 14.5. The van der Waals surface area contributed by atoms with E-state index in [1.807, 2.05) is 0 Å². The van der Waals surface area contributed by atoms with Gasteiger partial charge >= 0.3 is 13.1 Å². The summed E-state index contributed by atoms with van der Waals surface area (Å²) < 4.78 is 0. The maximum Gasteiger partial charge on any atom is 0.451 e. The van der Waals surface area contributed by atoms with Gasteiger partial charge in [-0.3, -0.25) is 9.59 Å². The van der Waals surface area contributed by atoms with Crippen molar-refractivity contribution in [2.24, 2.45) is 23.1 Å². The molecule has 9 nitrogen and oxygen atoms in total. The molecule has 1 saturated heterocycles. The Kier molecular flexibility index (Phi) is 16.1. The fourth-order valence-electron chi connectivity index (χ4n) is 2.96. The standard InChI is InChI=1S/C13H27BN4O5.3ClH/c15-5-1-2-10(16)11(19)18-7-9(3-4-14(22)23)6-13(17,8-18)12(20)21;;;/h9-10,22-23H,1-8,15-17H2,(H,20,21);3*1H/t9-,10-,13+;;;/m0.../s1. The maximum atomic E-state index is 12.4. The van der Waals surface area contributed by atoms with Crippen molar-refractivity contribution in [3.05, 3.63) is 0 Å². The molecule has 0 aromatic carbocycles. The summed E-state index contributed by atoms with van der Waals surface area (Å²) in [5, 5.41) is 27.3. The highest BCUT2D eigenvalue weighted by atomic mass is 35.5. The molecule has 9 N–H and O–H groups in total. The van der Waals surface area contributed by atoms with Crippen molar-refractivity contribution in [1.29, 1.82) is 0 Å². The molecule has 156 valence electrons. The fraction of sp³-hybridized carbons (Fsp3) is 0.846. The summed E-state index contributed by atoms with van der Waals surface area (Å²) in [6.07, 6.45) is 1.67. The lowest BCUT2D eigenvalue weighted by Crippen LogP contribution is -2.64. The molecule has 1 heterocycles. The number of carbonyl (C=O) groups excluding carboxylic acids is 1. The third-order valence-electron chi connectivity index (χ3n) is 4.21. The van der Waals surface area contributed by atoms with Crippen LogP contribution in [0.25, 0.3) is 0 Å². The van der Waals surface area contributed by atoms with Crippen molar-refractivity contribution in [3.8, 4) is 0 Å². The zero-order chi connectivity index (χ0) is 17.6. The molecule has 0 saturated carbocycles. The Hall–Kier alpha value is -0.325. The Morgan fingerprint density at radius 2 is 1.85 bits per heavy atom. The number of carboxylic acids is 1. The molecule has 0 spiro atoms. The van der Waals surface area contributed by atoms with Crippen molar-refractivity contribution < 1.29 is 24.7 Å². The molecule has 0 unspecified atom stereocenters. The van der Waals surface area contributed by atoms with E-state index in [2.05, 4.69) is 0 Å². The first kappa shape index (κ1) is 30.4. The largest absolute Gasteiger partial charge is 0.480 e. The van der Waals surface area contributed by atoms with E-state index in [9.17, 15) is 14.7 Å². The number of nitrogens with two attached hydrogens (primary N) is 3. The average molecular weight is 440 g/mol. The minimum absolute atomic E-state index is 0. The lowest BCUT2D eigenvalue weighted by Gasteiger charge is -2.42. The molecule has 1 amide bonds. The van der Waals surface area contributed by atoms with Gasteiger partial charge in [0.25, 0.3) is 0 Å². The number of aliphatic carboxylic acids is 1. The zero-order valence-corrected chi connectivity index (χ0v) is 16.9. The Morgan fingerprint density at radius 1 is 1.27 bits per heavy atom. The van der Waals surface area contributed by atoms with Gasteiger partial charge in [-0.15, -0.1) is 37.2 Å². The van der Waals surface area contributed by atoms with Crippen LogP contribution in [0.5, 0.6) is 0 Å². The monoisotopic (exact) mass is 438 g/mol. The van der Waals surface area contributed by atoms with Crippen LogP contribution < -0.4 is 17.2 Å². The van der Waals surface area contributed by atoms with Crippen LogP contribution in [0.3, 0.4) is 0 Å². The van der Waals surface area contributed by atoms with Crippen molar-refractivity contribution in [1.82, 2.24) is 4.90 Å².